The molecule has 0 aromatic rings. The summed E-state index contributed by atoms with van der Waals surface area (Å²) in [4.78, 5) is 37.4. The van der Waals surface area contributed by atoms with E-state index in [-0.39, 0.29) is 37.5 Å². The number of carbonyl (C=O) groups is 3. The molecule has 286 valence electrons. The fourth-order valence-electron chi connectivity index (χ4n) is 5.26. The zero-order valence-corrected chi connectivity index (χ0v) is 32.4. The number of carbonyl (C=O) groups excluding carboxylic acids is 3. The van der Waals surface area contributed by atoms with Crippen molar-refractivity contribution >= 4 is 17.9 Å². The summed E-state index contributed by atoms with van der Waals surface area (Å²) in [6.45, 7) is 6.30. The highest BCUT2D eigenvalue weighted by Gasteiger charge is 2.19. The highest BCUT2D eigenvalue weighted by atomic mass is 16.6. The van der Waals surface area contributed by atoms with Gasteiger partial charge in [0.15, 0.2) is 6.10 Å². The minimum Gasteiger partial charge on any atom is -0.462 e. The van der Waals surface area contributed by atoms with E-state index in [9.17, 15) is 14.4 Å². The van der Waals surface area contributed by atoms with Crippen LogP contribution in [0, 0.1) is 0 Å². The SMILES string of the molecule is CC/C=C\C/C=C\C/C=C\CCCCCCC(=O)OCC(COC(=O)CCCCCCCCCCC)OC(=O)CCCC/C=C\C/C=C\CC. The topological polar surface area (TPSA) is 78.9 Å². The van der Waals surface area contributed by atoms with E-state index in [1.807, 2.05) is 0 Å². The fraction of sp³-hybridized carbons (Fsp3) is 0.705. The molecule has 6 nitrogen and oxygen atoms in total. The molecule has 1 atom stereocenters. The Hall–Kier alpha value is -2.89. The van der Waals surface area contributed by atoms with Crippen molar-refractivity contribution in [3.63, 3.8) is 0 Å². The maximum atomic E-state index is 12.6. The van der Waals surface area contributed by atoms with Gasteiger partial charge in [0.25, 0.3) is 0 Å². The summed E-state index contributed by atoms with van der Waals surface area (Å²) < 4.78 is 16.5. The second-order valence-corrected chi connectivity index (χ2v) is 13.1. The molecule has 0 saturated carbocycles. The maximum Gasteiger partial charge on any atom is 0.306 e. The van der Waals surface area contributed by atoms with Crippen LogP contribution in [0.1, 0.15) is 181 Å². The lowest BCUT2D eigenvalue weighted by atomic mass is 10.1. The van der Waals surface area contributed by atoms with Gasteiger partial charge in [-0.1, -0.05) is 146 Å². The minimum atomic E-state index is -0.793. The van der Waals surface area contributed by atoms with E-state index in [4.69, 9.17) is 14.2 Å². The Bertz CT molecular complexity index is 944. The average Bonchev–Trinajstić information content (AvgIpc) is 3.11. The molecule has 0 bridgehead atoms. The molecule has 1 unspecified atom stereocenters. The van der Waals surface area contributed by atoms with Crippen molar-refractivity contribution in [3.8, 4) is 0 Å². The van der Waals surface area contributed by atoms with Crippen LogP contribution in [0.4, 0.5) is 0 Å². The lowest BCUT2D eigenvalue weighted by Gasteiger charge is -2.18. The van der Waals surface area contributed by atoms with Crippen molar-refractivity contribution in [2.45, 2.75) is 187 Å². The monoisotopic (exact) mass is 699 g/mol. The molecule has 0 fully saturated rings. The minimum absolute atomic E-state index is 0.0947. The molecule has 6 heteroatoms. The van der Waals surface area contributed by atoms with Gasteiger partial charge in [-0.2, -0.15) is 0 Å². The van der Waals surface area contributed by atoms with Gasteiger partial charge < -0.3 is 14.2 Å². The summed E-state index contributed by atoms with van der Waals surface area (Å²) in [6.07, 6.45) is 45.0. The van der Waals surface area contributed by atoms with E-state index in [2.05, 4.69) is 81.5 Å². The number of ether oxygens (including phenoxy) is 3. The molecule has 0 radical (unpaired) electrons. The van der Waals surface area contributed by atoms with Gasteiger partial charge >= 0.3 is 17.9 Å². The third-order valence-corrected chi connectivity index (χ3v) is 8.27. The predicted octanol–water partition coefficient (Wildman–Crippen LogP) is 12.6. The van der Waals surface area contributed by atoms with E-state index in [0.29, 0.717) is 19.3 Å². The Morgan fingerprint density at radius 2 is 0.780 bits per heavy atom. The van der Waals surface area contributed by atoms with Gasteiger partial charge in [0.1, 0.15) is 13.2 Å². The van der Waals surface area contributed by atoms with Crippen molar-refractivity contribution < 1.29 is 28.6 Å². The van der Waals surface area contributed by atoms with Gasteiger partial charge in [-0.05, 0) is 77.0 Å². The first kappa shape index (κ1) is 47.1. The van der Waals surface area contributed by atoms with Gasteiger partial charge in [0.2, 0.25) is 0 Å². The molecule has 0 saturated heterocycles. The molecule has 0 heterocycles. The van der Waals surface area contributed by atoms with E-state index in [0.717, 1.165) is 96.3 Å². The number of unbranched alkanes of at least 4 members (excludes halogenated alkanes) is 14. The van der Waals surface area contributed by atoms with Crippen molar-refractivity contribution in [3.05, 3.63) is 60.8 Å². The average molecular weight is 699 g/mol. The molecule has 50 heavy (non-hydrogen) atoms. The molecule has 0 aliphatic rings. The van der Waals surface area contributed by atoms with Gasteiger partial charge in [-0.25, -0.2) is 0 Å². The first-order valence-corrected chi connectivity index (χ1v) is 20.3. The largest absolute Gasteiger partial charge is 0.462 e. The summed E-state index contributed by atoms with van der Waals surface area (Å²) in [5.74, 6) is -0.967. The Morgan fingerprint density at radius 1 is 0.420 bits per heavy atom. The first-order valence-electron chi connectivity index (χ1n) is 20.3. The Morgan fingerprint density at radius 3 is 1.26 bits per heavy atom. The fourth-order valence-corrected chi connectivity index (χ4v) is 5.26. The summed E-state index contributed by atoms with van der Waals surface area (Å²) in [5, 5.41) is 0. The van der Waals surface area contributed by atoms with Crippen LogP contribution in [0.2, 0.25) is 0 Å². The Balaban J connectivity index is 4.42. The van der Waals surface area contributed by atoms with Crippen LogP contribution in [-0.4, -0.2) is 37.2 Å². The van der Waals surface area contributed by atoms with Crippen LogP contribution in [0.25, 0.3) is 0 Å². The van der Waals surface area contributed by atoms with Crippen LogP contribution in [0.15, 0.2) is 60.8 Å². The highest BCUT2D eigenvalue weighted by Crippen LogP contribution is 2.12. The van der Waals surface area contributed by atoms with E-state index >= 15 is 0 Å². The third-order valence-electron chi connectivity index (χ3n) is 8.27. The van der Waals surface area contributed by atoms with Crippen molar-refractivity contribution in [2.75, 3.05) is 13.2 Å². The molecule has 0 amide bonds. The molecular formula is C44H74O6. The quantitative estimate of drug-likeness (QED) is 0.0284. The summed E-state index contributed by atoms with van der Waals surface area (Å²) in [6, 6.07) is 0. The van der Waals surface area contributed by atoms with Crippen molar-refractivity contribution in [1.29, 1.82) is 0 Å². The number of esters is 3. The molecule has 0 spiro atoms. The van der Waals surface area contributed by atoms with Crippen LogP contribution < -0.4 is 0 Å². The molecule has 0 rings (SSSR count). The van der Waals surface area contributed by atoms with Crippen LogP contribution in [0.3, 0.4) is 0 Å². The zero-order valence-electron chi connectivity index (χ0n) is 32.4. The number of hydrogen-bond acceptors (Lipinski definition) is 6. The molecule has 0 aliphatic carbocycles. The van der Waals surface area contributed by atoms with Crippen LogP contribution in [0.5, 0.6) is 0 Å². The van der Waals surface area contributed by atoms with Gasteiger partial charge in [0.05, 0.1) is 0 Å². The Labute approximate surface area is 307 Å². The highest BCUT2D eigenvalue weighted by molar-refractivity contribution is 5.71. The second-order valence-electron chi connectivity index (χ2n) is 13.1. The number of rotatable bonds is 35. The second kappa shape index (κ2) is 38.9. The van der Waals surface area contributed by atoms with E-state index in [1.54, 1.807) is 0 Å². The van der Waals surface area contributed by atoms with Crippen LogP contribution >= 0.6 is 0 Å². The molecule has 0 aromatic carbocycles. The lowest BCUT2D eigenvalue weighted by molar-refractivity contribution is -0.167. The molecule has 0 aliphatic heterocycles. The third kappa shape index (κ3) is 36.4. The maximum absolute atomic E-state index is 12.6. The van der Waals surface area contributed by atoms with E-state index in [1.165, 1.54) is 38.5 Å². The predicted molar refractivity (Wildman–Crippen MR) is 210 cm³/mol. The normalized spacial score (nSPS) is 12.6. The first-order chi connectivity index (χ1) is 24.5. The summed E-state index contributed by atoms with van der Waals surface area (Å²) in [7, 11) is 0. The van der Waals surface area contributed by atoms with Gasteiger partial charge in [-0.15, -0.1) is 0 Å². The lowest BCUT2D eigenvalue weighted by Crippen LogP contribution is -2.30. The van der Waals surface area contributed by atoms with Gasteiger partial charge in [-0.3, -0.25) is 14.4 Å². The Kier molecular flexibility index (Phi) is 36.7. The molecular weight excluding hydrogens is 624 g/mol. The molecule has 0 N–H and O–H groups in total. The van der Waals surface area contributed by atoms with Crippen LogP contribution in [-0.2, 0) is 28.6 Å². The summed E-state index contributed by atoms with van der Waals surface area (Å²) >= 11 is 0. The number of allylic oxidation sites excluding steroid dienone is 10. The van der Waals surface area contributed by atoms with Crippen molar-refractivity contribution in [2.24, 2.45) is 0 Å². The van der Waals surface area contributed by atoms with Gasteiger partial charge in [0, 0.05) is 19.3 Å². The standard InChI is InChI=1S/C44H74O6/c1-4-7-10-13-16-19-20-21-22-23-26-28-31-34-37-43(46)49-40-41(50-44(47)38-35-32-29-25-18-15-12-9-6-3)39-48-42(45)36-33-30-27-24-17-14-11-8-5-2/h7,9-10,12,16,18-19,21-22,25,41H,4-6,8,11,13-15,17,20,23-24,26-40H2,1-3H3/b10-7-,12-9-,19-16-,22-21-,25-18-. The summed E-state index contributed by atoms with van der Waals surface area (Å²) in [5.41, 5.74) is 0. The zero-order chi connectivity index (χ0) is 36.6. The smallest absolute Gasteiger partial charge is 0.306 e. The molecule has 0 aromatic heterocycles. The number of hydrogen-bond donors (Lipinski definition) is 0. The van der Waals surface area contributed by atoms with Crippen molar-refractivity contribution in [1.82, 2.24) is 0 Å². The van der Waals surface area contributed by atoms with E-state index < -0.39 is 6.10 Å².